The lowest BCUT2D eigenvalue weighted by atomic mass is 10.2. The van der Waals surface area contributed by atoms with Gasteiger partial charge < -0.3 is 20.4 Å². The lowest BCUT2D eigenvalue weighted by Crippen LogP contribution is -2.35. The Morgan fingerprint density at radius 3 is 0.684 bits per heavy atom. The molecule has 2 N–H and O–H groups in total. The van der Waals surface area contributed by atoms with Crippen LogP contribution in [0.2, 0.25) is 0 Å². The summed E-state index contributed by atoms with van der Waals surface area (Å²) < 4.78 is 0. The number of nitrogens with zero attached hydrogens (tertiary/aromatic N) is 2. The van der Waals surface area contributed by atoms with Crippen molar-refractivity contribution in [3.8, 4) is 0 Å². The first-order chi connectivity index (χ1) is 17.0. The highest BCUT2D eigenvalue weighted by Gasteiger charge is 2.15. The lowest BCUT2D eigenvalue weighted by molar-refractivity contribution is -0.135. The van der Waals surface area contributed by atoms with Crippen molar-refractivity contribution in [2.24, 2.45) is 23.7 Å². The molecule has 0 heterocycles. The third kappa shape index (κ3) is 25.5. The number of rotatable bonds is 8. The highest BCUT2D eigenvalue weighted by atomic mass is 16.2. The Bertz CT molecular complexity index is 599. The summed E-state index contributed by atoms with van der Waals surface area (Å²) in [6.07, 6.45) is 0. The Kier molecular flexibility index (Phi) is 25.8. The van der Waals surface area contributed by atoms with E-state index in [-0.39, 0.29) is 59.4 Å². The van der Waals surface area contributed by atoms with Gasteiger partial charge in [-0.2, -0.15) is 0 Å². The van der Waals surface area contributed by atoms with Crippen molar-refractivity contribution in [3.63, 3.8) is 0 Å². The molecule has 0 saturated carbocycles. The van der Waals surface area contributed by atoms with E-state index in [2.05, 4.69) is 10.6 Å². The van der Waals surface area contributed by atoms with E-state index in [1.54, 1.807) is 9.80 Å². The molecule has 0 rings (SSSR count). The molecule has 0 aromatic heterocycles. The van der Waals surface area contributed by atoms with Gasteiger partial charge in [-0.3, -0.25) is 19.2 Å². The zero-order chi connectivity index (χ0) is 31.5. The molecule has 0 radical (unpaired) electrons. The van der Waals surface area contributed by atoms with Gasteiger partial charge in [-0.15, -0.1) is 0 Å². The number of hydrogen-bond donors (Lipinski definition) is 2. The van der Waals surface area contributed by atoms with Gasteiger partial charge in [-0.25, -0.2) is 0 Å². The van der Waals surface area contributed by atoms with Gasteiger partial charge in [-0.05, 0) is 55.4 Å². The summed E-state index contributed by atoms with van der Waals surface area (Å²) in [5.41, 5.74) is 0. The molecule has 0 saturated heterocycles. The molecule has 228 valence electrons. The van der Waals surface area contributed by atoms with Crippen LogP contribution in [0.15, 0.2) is 0 Å². The minimum Gasteiger partial charge on any atom is -0.354 e. The lowest BCUT2D eigenvalue weighted by Gasteiger charge is -2.23. The third-order valence-electron chi connectivity index (χ3n) is 5.14. The SMILES string of the molecule is CC(C)C(=O)N(C)C(C)C.CC(C)C(=O)N(C)C(C)C.CC(C)NC(=O)C(C)C.CC(C)NC(=O)C(C)C. The van der Waals surface area contributed by atoms with Crippen LogP contribution >= 0.6 is 0 Å². The van der Waals surface area contributed by atoms with Crippen LogP contribution < -0.4 is 10.6 Å². The van der Waals surface area contributed by atoms with E-state index in [0.717, 1.165) is 0 Å². The van der Waals surface area contributed by atoms with E-state index in [9.17, 15) is 19.2 Å². The summed E-state index contributed by atoms with van der Waals surface area (Å²) in [7, 11) is 3.68. The van der Waals surface area contributed by atoms with Crippen LogP contribution in [0.4, 0.5) is 0 Å². The maximum absolute atomic E-state index is 11.2. The summed E-state index contributed by atoms with van der Waals surface area (Å²) in [4.78, 5) is 47.6. The average molecular weight is 545 g/mol. The van der Waals surface area contributed by atoms with Crippen LogP contribution in [-0.4, -0.2) is 71.7 Å². The molecule has 0 aliphatic rings. The van der Waals surface area contributed by atoms with Crippen molar-refractivity contribution in [1.82, 2.24) is 20.4 Å². The van der Waals surface area contributed by atoms with Gasteiger partial charge in [0, 0.05) is 61.9 Å². The van der Waals surface area contributed by atoms with E-state index in [0.29, 0.717) is 12.1 Å². The van der Waals surface area contributed by atoms with Crippen LogP contribution in [0.5, 0.6) is 0 Å². The Morgan fingerprint density at radius 2 is 0.632 bits per heavy atom. The fraction of sp³-hybridized carbons (Fsp3) is 0.867. The molecule has 0 aliphatic heterocycles. The second-order valence-electron chi connectivity index (χ2n) is 12.0. The minimum atomic E-state index is 0.104. The average Bonchev–Trinajstić information content (AvgIpc) is 2.76. The molecule has 4 amide bonds. The predicted molar refractivity (Wildman–Crippen MR) is 162 cm³/mol. The van der Waals surface area contributed by atoms with Crippen LogP contribution in [0.25, 0.3) is 0 Å². The number of carbonyl (C=O) groups is 4. The van der Waals surface area contributed by atoms with E-state index in [4.69, 9.17) is 0 Å². The zero-order valence-corrected chi connectivity index (χ0v) is 28.1. The smallest absolute Gasteiger partial charge is 0.225 e. The molecular weight excluding hydrogens is 480 g/mol. The summed E-state index contributed by atoms with van der Waals surface area (Å²) in [5, 5.41) is 5.61. The van der Waals surface area contributed by atoms with Crippen molar-refractivity contribution in [2.45, 2.75) is 135 Å². The van der Waals surface area contributed by atoms with Crippen molar-refractivity contribution in [2.75, 3.05) is 14.1 Å². The van der Waals surface area contributed by atoms with Gasteiger partial charge in [0.25, 0.3) is 0 Å². The van der Waals surface area contributed by atoms with Crippen LogP contribution in [0.1, 0.15) is 111 Å². The van der Waals surface area contributed by atoms with Crippen molar-refractivity contribution < 1.29 is 19.2 Å². The maximum atomic E-state index is 11.2. The standard InChI is InChI=1S/2C8H17NO.2C7H15NO/c2*1-6(2)8(10)9(5)7(3)4;2*1-5(2)7(9)8-6(3)4/h2*6-7H,1-5H3;2*5-6H,1-4H3,(H,8,9). The van der Waals surface area contributed by atoms with Crippen molar-refractivity contribution >= 4 is 23.6 Å². The maximum Gasteiger partial charge on any atom is 0.225 e. The van der Waals surface area contributed by atoms with Gasteiger partial charge in [-0.1, -0.05) is 55.4 Å². The van der Waals surface area contributed by atoms with E-state index in [1.807, 2.05) is 125 Å². The van der Waals surface area contributed by atoms with Gasteiger partial charge >= 0.3 is 0 Å². The number of amides is 4. The van der Waals surface area contributed by atoms with E-state index >= 15 is 0 Å². The molecule has 0 spiro atoms. The molecule has 0 aliphatic carbocycles. The zero-order valence-electron chi connectivity index (χ0n) is 28.1. The molecule has 0 atom stereocenters. The summed E-state index contributed by atoms with van der Waals surface area (Å²) in [6, 6.07) is 1.16. The highest BCUT2D eigenvalue weighted by Crippen LogP contribution is 2.03. The van der Waals surface area contributed by atoms with Crippen LogP contribution in [-0.2, 0) is 19.2 Å². The molecule has 0 aromatic rings. The summed E-state index contributed by atoms with van der Waals surface area (Å²) in [6.45, 7) is 31.1. The first-order valence-corrected chi connectivity index (χ1v) is 14.1. The Balaban J connectivity index is -0.000000203. The van der Waals surface area contributed by atoms with Crippen LogP contribution in [0, 0.1) is 23.7 Å². The second-order valence-corrected chi connectivity index (χ2v) is 12.0. The van der Waals surface area contributed by atoms with Crippen molar-refractivity contribution in [1.29, 1.82) is 0 Å². The van der Waals surface area contributed by atoms with Gasteiger partial charge in [0.1, 0.15) is 0 Å². The van der Waals surface area contributed by atoms with E-state index in [1.165, 1.54) is 0 Å². The molecule has 0 aromatic carbocycles. The van der Waals surface area contributed by atoms with Gasteiger partial charge in [0.15, 0.2) is 0 Å². The van der Waals surface area contributed by atoms with E-state index < -0.39 is 0 Å². The first-order valence-electron chi connectivity index (χ1n) is 14.1. The quantitative estimate of drug-likeness (QED) is 0.430. The number of carbonyl (C=O) groups excluding carboxylic acids is 4. The number of nitrogens with one attached hydrogen (secondary N) is 2. The fourth-order valence-electron chi connectivity index (χ4n) is 2.23. The fourth-order valence-corrected chi connectivity index (χ4v) is 2.23. The normalized spacial score (nSPS) is 10.6. The highest BCUT2D eigenvalue weighted by molar-refractivity contribution is 5.79. The molecule has 8 nitrogen and oxygen atoms in total. The van der Waals surface area contributed by atoms with Gasteiger partial charge in [0.2, 0.25) is 23.6 Å². The molecule has 0 bridgehead atoms. The Labute approximate surface area is 236 Å². The molecule has 38 heavy (non-hydrogen) atoms. The second kappa shape index (κ2) is 22.8. The van der Waals surface area contributed by atoms with Gasteiger partial charge in [0.05, 0.1) is 0 Å². The predicted octanol–water partition coefficient (Wildman–Crippen LogP) is 5.35. The number of hydrogen-bond acceptors (Lipinski definition) is 4. The molecule has 8 heteroatoms. The largest absolute Gasteiger partial charge is 0.354 e. The Hall–Kier alpha value is -2.12. The molecular formula is C30H64N4O4. The molecule has 0 unspecified atom stereocenters. The minimum absolute atomic E-state index is 0.104. The first kappa shape index (κ1) is 43.0. The Morgan fingerprint density at radius 1 is 0.421 bits per heavy atom. The monoisotopic (exact) mass is 544 g/mol. The van der Waals surface area contributed by atoms with Crippen molar-refractivity contribution in [3.05, 3.63) is 0 Å². The molecule has 0 fully saturated rings. The van der Waals surface area contributed by atoms with Crippen LogP contribution in [0.3, 0.4) is 0 Å². The summed E-state index contributed by atoms with van der Waals surface area (Å²) >= 11 is 0. The third-order valence-corrected chi connectivity index (χ3v) is 5.14. The summed E-state index contributed by atoms with van der Waals surface area (Å²) in [5.74, 6) is 1.14. The topological polar surface area (TPSA) is 98.8 Å².